The summed E-state index contributed by atoms with van der Waals surface area (Å²) in [7, 11) is 0. The van der Waals surface area contributed by atoms with Crippen LogP contribution in [-0.4, -0.2) is 19.5 Å². The molecular formula is C8H11N5OS. The molecule has 6 nitrogen and oxygen atoms in total. The number of aryl methyl sites for hydroxylation is 2. The minimum absolute atomic E-state index is 0.510. The van der Waals surface area contributed by atoms with Crippen LogP contribution in [0.4, 0.5) is 5.13 Å². The molecule has 0 aliphatic carbocycles. The van der Waals surface area contributed by atoms with Gasteiger partial charge in [-0.25, -0.2) is 4.98 Å². The highest BCUT2D eigenvalue weighted by molar-refractivity contribution is 7.09. The lowest BCUT2D eigenvalue weighted by Crippen LogP contribution is -2.00. The Morgan fingerprint density at radius 1 is 1.33 bits per heavy atom. The molecule has 15 heavy (non-hydrogen) atoms. The van der Waals surface area contributed by atoms with Gasteiger partial charge in [-0.05, 0) is 0 Å². The van der Waals surface area contributed by atoms with Gasteiger partial charge in [-0.15, -0.1) is 0 Å². The van der Waals surface area contributed by atoms with E-state index in [4.69, 9.17) is 4.52 Å². The first kappa shape index (κ1) is 10.0. The van der Waals surface area contributed by atoms with Crippen molar-refractivity contribution in [3.63, 3.8) is 0 Å². The molecule has 80 valence electrons. The third kappa shape index (κ3) is 2.50. The second-order valence-corrected chi connectivity index (χ2v) is 3.70. The van der Waals surface area contributed by atoms with Gasteiger partial charge in [0.2, 0.25) is 11.0 Å². The maximum Gasteiger partial charge on any atom is 0.223 e. The Labute approximate surface area is 90.9 Å². The molecule has 2 rings (SSSR count). The minimum Gasteiger partial charge on any atom is -0.353 e. The molecule has 0 amide bonds. The van der Waals surface area contributed by atoms with Crippen LogP contribution in [0.15, 0.2) is 4.52 Å². The lowest BCUT2D eigenvalue weighted by molar-refractivity contribution is 0.388. The molecule has 0 bridgehead atoms. The molecular weight excluding hydrogens is 214 g/mol. The lowest BCUT2D eigenvalue weighted by Gasteiger charge is -1.94. The van der Waals surface area contributed by atoms with Crippen molar-refractivity contribution in [2.24, 2.45) is 0 Å². The zero-order valence-corrected chi connectivity index (χ0v) is 9.34. The van der Waals surface area contributed by atoms with Crippen molar-refractivity contribution in [2.75, 3.05) is 5.32 Å². The Balaban J connectivity index is 1.93. The number of nitrogens with one attached hydrogen (secondary N) is 1. The highest BCUT2D eigenvalue weighted by Gasteiger charge is 2.04. The van der Waals surface area contributed by atoms with Crippen LogP contribution in [0, 0.1) is 6.92 Å². The quantitative estimate of drug-likeness (QED) is 0.847. The molecule has 0 unspecified atom stereocenters. The summed E-state index contributed by atoms with van der Waals surface area (Å²) in [6.07, 6.45) is 0.847. The Kier molecular flexibility index (Phi) is 2.91. The van der Waals surface area contributed by atoms with E-state index in [-0.39, 0.29) is 0 Å². The van der Waals surface area contributed by atoms with E-state index in [1.54, 1.807) is 6.92 Å². The average molecular weight is 225 g/mol. The molecule has 0 radical (unpaired) electrons. The van der Waals surface area contributed by atoms with Crippen LogP contribution in [0.5, 0.6) is 0 Å². The van der Waals surface area contributed by atoms with Crippen molar-refractivity contribution in [1.29, 1.82) is 0 Å². The number of hydrogen-bond donors (Lipinski definition) is 1. The van der Waals surface area contributed by atoms with Crippen LogP contribution >= 0.6 is 11.5 Å². The molecule has 0 aromatic carbocycles. The van der Waals surface area contributed by atoms with Crippen molar-refractivity contribution in [2.45, 2.75) is 26.8 Å². The molecule has 0 fully saturated rings. The van der Waals surface area contributed by atoms with Crippen molar-refractivity contribution >= 4 is 16.7 Å². The van der Waals surface area contributed by atoms with E-state index in [9.17, 15) is 0 Å². The Hall–Kier alpha value is -1.50. The van der Waals surface area contributed by atoms with Gasteiger partial charge in [-0.3, -0.25) is 0 Å². The molecule has 1 N–H and O–H groups in total. The van der Waals surface area contributed by atoms with E-state index in [0.29, 0.717) is 18.3 Å². The molecule has 2 aromatic rings. The summed E-state index contributed by atoms with van der Waals surface area (Å²) in [6, 6.07) is 0. The zero-order chi connectivity index (χ0) is 10.7. The maximum atomic E-state index is 4.85. The van der Waals surface area contributed by atoms with E-state index in [2.05, 4.69) is 24.8 Å². The number of nitrogens with zero attached hydrogens (tertiary/aromatic N) is 4. The van der Waals surface area contributed by atoms with Gasteiger partial charge in [0.1, 0.15) is 5.82 Å². The summed E-state index contributed by atoms with van der Waals surface area (Å²) in [5, 5.41) is 7.64. The minimum atomic E-state index is 0.510. The van der Waals surface area contributed by atoms with Crippen molar-refractivity contribution in [3.8, 4) is 0 Å². The first-order valence-electron chi connectivity index (χ1n) is 4.63. The van der Waals surface area contributed by atoms with Gasteiger partial charge in [0.05, 0.1) is 6.54 Å². The smallest absolute Gasteiger partial charge is 0.223 e. The Morgan fingerprint density at radius 2 is 2.20 bits per heavy atom. The van der Waals surface area contributed by atoms with Gasteiger partial charge < -0.3 is 9.84 Å². The fraction of sp³-hybridized carbons (Fsp3) is 0.500. The summed E-state index contributed by atoms with van der Waals surface area (Å²) < 4.78 is 9.00. The van der Waals surface area contributed by atoms with Gasteiger partial charge in [-0.1, -0.05) is 12.1 Å². The summed E-state index contributed by atoms with van der Waals surface area (Å²) in [5.41, 5.74) is 0. The molecule has 2 aromatic heterocycles. The summed E-state index contributed by atoms with van der Waals surface area (Å²) in [5.74, 6) is 2.05. The monoisotopic (exact) mass is 225 g/mol. The molecule has 0 aliphatic heterocycles. The molecule has 0 spiro atoms. The van der Waals surface area contributed by atoms with Gasteiger partial charge in [0.15, 0.2) is 5.82 Å². The normalized spacial score (nSPS) is 10.5. The van der Waals surface area contributed by atoms with E-state index in [0.717, 1.165) is 17.4 Å². The molecule has 7 heteroatoms. The van der Waals surface area contributed by atoms with Gasteiger partial charge >= 0.3 is 0 Å². The van der Waals surface area contributed by atoms with Crippen LogP contribution in [0.2, 0.25) is 0 Å². The maximum absolute atomic E-state index is 4.85. The third-order valence-electron chi connectivity index (χ3n) is 1.75. The Morgan fingerprint density at radius 3 is 2.80 bits per heavy atom. The van der Waals surface area contributed by atoms with Crippen molar-refractivity contribution in [3.05, 3.63) is 17.5 Å². The van der Waals surface area contributed by atoms with Crippen LogP contribution in [0.25, 0.3) is 0 Å². The average Bonchev–Trinajstić information content (AvgIpc) is 2.83. The van der Waals surface area contributed by atoms with Gasteiger partial charge in [-0.2, -0.15) is 9.36 Å². The summed E-state index contributed by atoms with van der Waals surface area (Å²) in [4.78, 5) is 8.33. The Bertz CT molecular complexity index is 438. The summed E-state index contributed by atoms with van der Waals surface area (Å²) in [6.45, 7) is 4.29. The lowest BCUT2D eigenvalue weighted by atomic mass is 10.5. The van der Waals surface area contributed by atoms with Crippen LogP contribution in [-0.2, 0) is 13.0 Å². The molecule has 2 heterocycles. The molecule has 0 aliphatic rings. The molecule has 0 atom stereocenters. The first-order chi connectivity index (χ1) is 7.28. The second kappa shape index (κ2) is 4.35. The molecule has 0 saturated carbocycles. The third-order valence-corrected chi connectivity index (χ3v) is 2.46. The number of aromatic nitrogens is 4. The van der Waals surface area contributed by atoms with E-state index < -0.39 is 0 Å². The fourth-order valence-corrected chi connectivity index (χ4v) is 1.68. The predicted molar refractivity (Wildman–Crippen MR) is 55.6 cm³/mol. The zero-order valence-electron chi connectivity index (χ0n) is 8.52. The molecule has 0 saturated heterocycles. The van der Waals surface area contributed by atoms with Crippen LogP contribution in [0.1, 0.15) is 24.5 Å². The highest BCUT2D eigenvalue weighted by atomic mass is 32.1. The largest absolute Gasteiger partial charge is 0.353 e. The topological polar surface area (TPSA) is 76.7 Å². The predicted octanol–water partition coefficient (Wildman–Crippen LogP) is 1.40. The number of anilines is 1. The fourth-order valence-electron chi connectivity index (χ4n) is 1.04. The van der Waals surface area contributed by atoms with Crippen LogP contribution < -0.4 is 5.32 Å². The van der Waals surface area contributed by atoms with E-state index in [1.807, 2.05) is 6.92 Å². The van der Waals surface area contributed by atoms with E-state index in [1.165, 1.54) is 11.5 Å². The standard InChI is InChI=1S/C8H11N5OS/c1-3-6-11-8(15-13-6)9-4-7-10-5(2)14-12-7/h3-4H2,1-2H3,(H,9,11,13). The first-order valence-corrected chi connectivity index (χ1v) is 5.41. The number of hydrogen-bond acceptors (Lipinski definition) is 7. The van der Waals surface area contributed by atoms with Gasteiger partial charge in [0.25, 0.3) is 0 Å². The second-order valence-electron chi connectivity index (χ2n) is 2.95. The highest BCUT2D eigenvalue weighted by Crippen LogP contribution is 2.11. The summed E-state index contributed by atoms with van der Waals surface area (Å²) >= 11 is 1.34. The van der Waals surface area contributed by atoms with Crippen molar-refractivity contribution < 1.29 is 4.52 Å². The number of rotatable bonds is 4. The SMILES string of the molecule is CCc1nsc(NCc2noc(C)n2)n1. The van der Waals surface area contributed by atoms with Crippen molar-refractivity contribution in [1.82, 2.24) is 19.5 Å². The van der Waals surface area contributed by atoms with Crippen LogP contribution in [0.3, 0.4) is 0 Å². The van der Waals surface area contributed by atoms with E-state index >= 15 is 0 Å². The van der Waals surface area contributed by atoms with Gasteiger partial charge in [0, 0.05) is 24.9 Å².